The number of anilines is 1. The van der Waals surface area contributed by atoms with Gasteiger partial charge in [-0.3, -0.25) is 4.79 Å². The summed E-state index contributed by atoms with van der Waals surface area (Å²) in [6.45, 7) is 5.09. The molecule has 0 aromatic heterocycles. The molecule has 8 nitrogen and oxygen atoms in total. The highest BCUT2D eigenvalue weighted by Crippen LogP contribution is 2.21. The van der Waals surface area contributed by atoms with Gasteiger partial charge in [-0.15, -0.1) is 0 Å². The average Bonchev–Trinajstić information content (AvgIpc) is 2.80. The molecule has 0 spiro atoms. The van der Waals surface area contributed by atoms with Gasteiger partial charge in [-0.05, 0) is 55.5 Å². The number of nitrogens with zero attached hydrogens (tertiary/aromatic N) is 2. The number of amides is 3. The average molecular weight is 473 g/mol. The zero-order valence-electron chi connectivity index (χ0n) is 19.4. The van der Waals surface area contributed by atoms with Crippen LogP contribution in [-0.2, 0) is 21.4 Å². The highest BCUT2D eigenvalue weighted by molar-refractivity contribution is 7.89. The quantitative estimate of drug-likeness (QED) is 0.646. The lowest BCUT2D eigenvalue weighted by atomic mass is 10.1. The van der Waals surface area contributed by atoms with Gasteiger partial charge in [0.15, 0.2) is 0 Å². The number of piperidine rings is 1. The number of carbonyl (C=O) groups is 2. The molecule has 0 unspecified atom stereocenters. The Bertz CT molecular complexity index is 1070. The van der Waals surface area contributed by atoms with E-state index in [9.17, 15) is 18.0 Å². The van der Waals surface area contributed by atoms with Crippen LogP contribution >= 0.6 is 0 Å². The summed E-state index contributed by atoms with van der Waals surface area (Å²) in [5.74, 6) is -0.280. The van der Waals surface area contributed by atoms with Gasteiger partial charge in [0, 0.05) is 32.4 Å². The van der Waals surface area contributed by atoms with Gasteiger partial charge in [0.2, 0.25) is 15.9 Å². The summed E-state index contributed by atoms with van der Waals surface area (Å²) in [5, 5.41) is 5.62. The summed E-state index contributed by atoms with van der Waals surface area (Å²) in [5.41, 5.74) is 3.45. The summed E-state index contributed by atoms with van der Waals surface area (Å²) in [7, 11) is -1.93. The molecule has 0 atom stereocenters. The highest BCUT2D eigenvalue weighted by atomic mass is 32.2. The molecular formula is C24H32N4O4S. The van der Waals surface area contributed by atoms with Crippen molar-refractivity contribution in [3.8, 4) is 0 Å². The molecule has 0 radical (unpaired) electrons. The number of benzene rings is 2. The third-order valence-corrected chi connectivity index (χ3v) is 7.71. The molecular weight excluding hydrogens is 440 g/mol. The van der Waals surface area contributed by atoms with E-state index in [0.29, 0.717) is 13.1 Å². The predicted octanol–water partition coefficient (Wildman–Crippen LogP) is 3.26. The molecule has 33 heavy (non-hydrogen) atoms. The molecule has 0 bridgehead atoms. The molecule has 1 heterocycles. The molecule has 1 aliphatic rings. The second kappa shape index (κ2) is 10.8. The fourth-order valence-corrected chi connectivity index (χ4v) is 5.34. The SMILES string of the molecule is Cc1cccc(C)c1NC(=O)CN(C)C(=O)NCc1ccc(S(=O)(=O)N2CCCCC2)cc1. The van der Waals surface area contributed by atoms with Crippen LogP contribution in [0.4, 0.5) is 10.5 Å². The zero-order valence-corrected chi connectivity index (χ0v) is 20.2. The maximum atomic E-state index is 12.7. The van der Waals surface area contributed by atoms with Crippen molar-refractivity contribution in [2.45, 2.75) is 44.6 Å². The molecule has 3 rings (SSSR count). The summed E-state index contributed by atoms with van der Waals surface area (Å²) >= 11 is 0. The zero-order chi connectivity index (χ0) is 24.0. The van der Waals surface area contributed by atoms with E-state index in [4.69, 9.17) is 0 Å². The Labute approximate surface area is 196 Å². The molecule has 2 N–H and O–H groups in total. The molecule has 0 saturated carbocycles. The Hall–Kier alpha value is -2.91. The lowest BCUT2D eigenvalue weighted by molar-refractivity contribution is -0.116. The Morgan fingerprint density at radius 2 is 1.58 bits per heavy atom. The van der Waals surface area contributed by atoms with E-state index in [1.807, 2.05) is 32.0 Å². The summed E-state index contributed by atoms with van der Waals surface area (Å²) in [6, 6.07) is 11.9. The van der Waals surface area contributed by atoms with Crippen LogP contribution < -0.4 is 10.6 Å². The van der Waals surface area contributed by atoms with Crippen LogP contribution in [-0.4, -0.2) is 56.2 Å². The highest BCUT2D eigenvalue weighted by Gasteiger charge is 2.25. The van der Waals surface area contributed by atoms with Gasteiger partial charge in [0.1, 0.15) is 6.54 Å². The van der Waals surface area contributed by atoms with Crippen molar-refractivity contribution >= 4 is 27.6 Å². The Kier molecular flexibility index (Phi) is 8.10. The Morgan fingerprint density at radius 1 is 0.970 bits per heavy atom. The standard InChI is InChI=1S/C24H32N4O4S/c1-18-8-7-9-19(2)23(18)26-22(29)17-27(3)24(30)25-16-20-10-12-21(13-11-20)33(31,32)28-14-5-4-6-15-28/h7-13H,4-6,14-17H2,1-3H3,(H,25,30)(H,26,29). The topological polar surface area (TPSA) is 98.8 Å². The minimum Gasteiger partial charge on any atom is -0.334 e. The van der Waals surface area contributed by atoms with E-state index >= 15 is 0 Å². The minimum absolute atomic E-state index is 0.0907. The van der Waals surface area contributed by atoms with Gasteiger partial charge >= 0.3 is 6.03 Å². The number of nitrogens with one attached hydrogen (secondary N) is 2. The van der Waals surface area contributed by atoms with Crippen LogP contribution in [0.25, 0.3) is 0 Å². The van der Waals surface area contributed by atoms with E-state index in [0.717, 1.165) is 41.6 Å². The van der Waals surface area contributed by atoms with Gasteiger partial charge < -0.3 is 15.5 Å². The number of carbonyl (C=O) groups excluding carboxylic acids is 2. The van der Waals surface area contributed by atoms with E-state index in [-0.39, 0.29) is 23.9 Å². The fraction of sp³-hybridized carbons (Fsp3) is 0.417. The Morgan fingerprint density at radius 3 is 2.18 bits per heavy atom. The number of likely N-dealkylation sites (N-methyl/N-ethyl adjacent to an activating group) is 1. The Balaban J connectivity index is 1.51. The lowest BCUT2D eigenvalue weighted by Crippen LogP contribution is -2.41. The molecule has 1 fully saturated rings. The van der Waals surface area contributed by atoms with Gasteiger partial charge in [-0.1, -0.05) is 36.8 Å². The smallest absolute Gasteiger partial charge is 0.317 e. The van der Waals surface area contributed by atoms with Crippen LogP contribution in [0.2, 0.25) is 0 Å². The van der Waals surface area contributed by atoms with Crippen LogP contribution in [0.1, 0.15) is 36.0 Å². The van der Waals surface area contributed by atoms with Crippen LogP contribution in [0.3, 0.4) is 0 Å². The molecule has 1 aliphatic heterocycles. The van der Waals surface area contributed by atoms with Crippen molar-refractivity contribution < 1.29 is 18.0 Å². The maximum Gasteiger partial charge on any atom is 0.317 e. The second-order valence-electron chi connectivity index (χ2n) is 8.44. The van der Waals surface area contributed by atoms with Crippen molar-refractivity contribution in [2.24, 2.45) is 0 Å². The number of hydrogen-bond acceptors (Lipinski definition) is 4. The molecule has 2 aromatic carbocycles. The number of urea groups is 1. The first-order valence-corrected chi connectivity index (χ1v) is 12.6. The number of rotatable bonds is 7. The van der Waals surface area contributed by atoms with Crippen molar-refractivity contribution in [1.82, 2.24) is 14.5 Å². The number of sulfonamides is 1. The van der Waals surface area contributed by atoms with E-state index in [2.05, 4.69) is 10.6 Å². The van der Waals surface area contributed by atoms with Crippen molar-refractivity contribution in [1.29, 1.82) is 0 Å². The first-order chi connectivity index (χ1) is 15.7. The van der Waals surface area contributed by atoms with E-state index in [1.165, 1.54) is 9.21 Å². The third-order valence-electron chi connectivity index (χ3n) is 5.79. The van der Waals surface area contributed by atoms with Gasteiger partial charge in [0.25, 0.3) is 0 Å². The summed E-state index contributed by atoms with van der Waals surface area (Å²) < 4.78 is 27.0. The monoisotopic (exact) mass is 472 g/mol. The third kappa shape index (κ3) is 6.33. The van der Waals surface area contributed by atoms with Gasteiger partial charge in [0.05, 0.1) is 4.90 Å². The minimum atomic E-state index is -3.48. The van der Waals surface area contributed by atoms with Crippen LogP contribution in [0.5, 0.6) is 0 Å². The number of aryl methyl sites for hydroxylation is 2. The molecule has 3 amide bonds. The summed E-state index contributed by atoms with van der Waals surface area (Å²) in [4.78, 5) is 26.3. The van der Waals surface area contributed by atoms with Crippen molar-refractivity contribution in [3.05, 3.63) is 59.2 Å². The molecule has 2 aromatic rings. The van der Waals surface area contributed by atoms with Crippen molar-refractivity contribution in [3.63, 3.8) is 0 Å². The van der Waals surface area contributed by atoms with E-state index in [1.54, 1.807) is 31.3 Å². The van der Waals surface area contributed by atoms with Gasteiger partial charge in [-0.2, -0.15) is 4.31 Å². The molecule has 178 valence electrons. The molecule has 1 saturated heterocycles. The first kappa shape index (κ1) is 24.7. The number of hydrogen-bond donors (Lipinski definition) is 2. The molecule has 9 heteroatoms. The summed E-state index contributed by atoms with van der Waals surface area (Å²) in [6.07, 6.45) is 2.84. The maximum absolute atomic E-state index is 12.7. The van der Waals surface area contributed by atoms with Crippen LogP contribution in [0.15, 0.2) is 47.4 Å². The van der Waals surface area contributed by atoms with Crippen molar-refractivity contribution in [2.75, 3.05) is 32.0 Å². The largest absolute Gasteiger partial charge is 0.334 e. The fourth-order valence-electron chi connectivity index (χ4n) is 3.82. The first-order valence-electron chi connectivity index (χ1n) is 11.1. The number of para-hydroxylation sites is 1. The van der Waals surface area contributed by atoms with E-state index < -0.39 is 16.1 Å². The second-order valence-corrected chi connectivity index (χ2v) is 10.4. The lowest BCUT2D eigenvalue weighted by Gasteiger charge is -2.25. The van der Waals surface area contributed by atoms with Gasteiger partial charge in [-0.25, -0.2) is 13.2 Å². The predicted molar refractivity (Wildman–Crippen MR) is 128 cm³/mol. The normalized spacial score (nSPS) is 14.5. The van der Waals surface area contributed by atoms with Crippen LogP contribution in [0, 0.1) is 13.8 Å². The molecule has 0 aliphatic carbocycles.